The molecule has 0 aromatic carbocycles. The van der Waals surface area contributed by atoms with E-state index >= 15 is 0 Å². The van der Waals surface area contributed by atoms with Crippen LogP contribution in [0.1, 0.15) is 78.1 Å². The minimum atomic E-state index is -0.848. The summed E-state index contributed by atoms with van der Waals surface area (Å²) in [7, 11) is 0. The van der Waals surface area contributed by atoms with E-state index in [4.69, 9.17) is 0 Å². The molecule has 4 saturated carbocycles. The first kappa shape index (κ1) is 20.4. The van der Waals surface area contributed by atoms with Gasteiger partial charge in [0.2, 0.25) is 5.91 Å². The van der Waals surface area contributed by atoms with Crippen LogP contribution in [0.3, 0.4) is 0 Å². The fourth-order valence-electron chi connectivity index (χ4n) is 6.64. The number of carbonyl (C=O) groups is 4. The van der Waals surface area contributed by atoms with E-state index in [2.05, 4.69) is 12.2 Å². The molecule has 0 aromatic rings. The Bertz CT molecular complexity index is 684. The van der Waals surface area contributed by atoms with E-state index in [0.717, 1.165) is 49.8 Å². The van der Waals surface area contributed by atoms with Crippen LogP contribution >= 0.6 is 0 Å². The van der Waals surface area contributed by atoms with Crippen molar-refractivity contribution in [2.45, 2.75) is 89.6 Å². The third-order valence-corrected chi connectivity index (χ3v) is 7.48. The fourth-order valence-corrected chi connectivity index (χ4v) is 6.64. The van der Waals surface area contributed by atoms with Gasteiger partial charge in [-0.15, -0.1) is 0 Å². The lowest BCUT2D eigenvalue weighted by molar-refractivity contribution is -0.150. The SMILES string of the molecule is CCCCC[C@H](C)NC(=O)CN1C(=O)C(=O)N(C23CC4CC(CC(C4)C2)C3)C1=O. The number of unbranched alkanes of at least 4 members (excludes halogenated alkanes) is 2. The zero-order chi connectivity index (χ0) is 20.8. The molecule has 1 heterocycles. The van der Waals surface area contributed by atoms with Crippen molar-refractivity contribution in [2.24, 2.45) is 17.8 Å². The molecule has 7 heteroatoms. The third kappa shape index (κ3) is 3.68. The minimum absolute atomic E-state index is 0.0168. The molecule has 0 aromatic heterocycles. The fraction of sp³-hybridized carbons (Fsp3) is 0.818. The summed E-state index contributed by atoms with van der Waals surface area (Å²) in [5.41, 5.74) is -0.503. The number of amides is 5. The standard InChI is InChI=1S/C22H33N3O4/c1-3-4-5-6-14(2)23-18(26)13-24-19(27)20(28)25(21(24)29)22-10-15-7-16(11-22)9-17(8-15)12-22/h14-17H,3-13H2,1-2H3,(H,23,26)/t14-,15?,16?,17?,22?/m0/s1. The van der Waals surface area contributed by atoms with Gasteiger partial charge >= 0.3 is 17.8 Å². The Kier molecular flexibility index (Phi) is 5.42. The predicted octanol–water partition coefficient (Wildman–Crippen LogP) is 2.83. The lowest BCUT2D eigenvalue weighted by Gasteiger charge is -2.58. The van der Waals surface area contributed by atoms with E-state index in [0.29, 0.717) is 17.8 Å². The van der Waals surface area contributed by atoms with Crippen molar-refractivity contribution >= 4 is 23.8 Å². The van der Waals surface area contributed by atoms with E-state index in [1.54, 1.807) is 0 Å². The van der Waals surface area contributed by atoms with Crippen molar-refractivity contribution in [3.05, 3.63) is 0 Å². The number of nitrogens with zero attached hydrogens (tertiary/aromatic N) is 2. The molecule has 5 amide bonds. The molecule has 29 heavy (non-hydrogen) atoms. The maximum atomic E-state index is 13.1. The van der Waals surface area contributed by atoms with E-state index in [1.165, 1.54) is 24.2 Å². The number of carbonyl (C=O) groups excluding carboxylic acids is 4. The van der Waals surface area contributed by atoms with Crippen LogP contribution in [0.15, 0.2) is 0 Å². The van der Waals surface area contributed by atoms with Gasteiger partial charge in [-0.05, 0) is 69.6 Å². The monoisotopic (exact) mass is 403 g/mol. The first-order valence-corrected chi connectivity index (χ1v) is 11.3. The van der Waals surface area contributed by atoms with E-state index in [-0.39, 0.29) is 18.5 Å². The maximum Gasteiger partial charge on any atom is 0.335 e. The second kappa shape index (κ2) is 7.73. The van der Waals surface area contributed by atoms with Gasteiger partial charge in [-0.25, -0.2) is 14.6 Å². The normalized spacial score (nSPS) is 34.3. The minimum Gasteiger partial charge on any atom is -0.352 e. The molecular weight excluding hydrogens is 370 g/mol. The highest BCUT2D eigenvalue weighted by atomic mass is 16.2. The zero-order valence-electron chi connectivity index (χ0n) is 17.6. The average Bonchev–Trinajstić information content (AvgIpc) is 2.84. The van der Waals surface area contributed by atoms with E-state index < -0.39 is 23.4 Å². The van der Waals surface area contributed by atoms with Crippen LogP contribution in [0.4, 0.5) is 4.79 Å². The summed E-state index contributed by atoms with van der Waals surface area (Å²) in [4.78, 5) is 53.0. The first-order valence-electron chi connectivity index (χ1n) is 11.3. The molecule has 160 valence electrons. The largest absolute Gasteiger partial charge is 0.352 e. The van der Waals surface area contributed by atoms with Crippen LogP contribution in [0, 0.1) is 17.8 Å². The van der Waals surface area contributed by atoms with Crippen LogP contribution < -0.4 is 5.32 Å². The summed E-state index contributed by atoms with van der Waals surface area (Å²) < 4.78 is 0. The van der Waals surface area contributed by atoms with Gasteiger partial charge in [-0.2, -0.15) is 0 Å². The number of hydrogen-bond acceptors (Lipinski definition) is 4. The summed E-state index contributed by atoms with van der Waals surface area (Å²) in [5.74, 6) is -0.300. The molecule has 1 saturated heterocycles. The Morgan fingerprint density at radius 2 is 1.62 bits per heavy atom. The van der Waals surface area contributed by atoms with E-state index in [1.807, 2.05) is 6.92 Å². The molecule has 0 spiro atoms. The summed E-state index contributed by atoms with van der Waals surface area (Å²) in [6, 6.07) is -0.604. The second-order valence-corrected chi connectivity index (χ2v) is 9.92. The molecule has 5 rings (SSSR count). The van der Waals surface area contributed by atoms with Crippen molar-refractivity contribution < 1.29 is 19.2 Å². The lowest BCUT2D eigenvalue weighted by atomic mass is 9.52. The number of urea groups is 1. The highest BCUT2D eigenvalue weighted by molar-refractivity contribution is 6.45. The third-order valence-electron chi connectivity index (χ3n) is 7.48. The molecule has 1 aliphatic heterocycles. The van der Waals surface area contributed by atoms with Crippen molar-refractivity contribution in [1.29, 1.82) is 0 Å². The molecule has 7 nitrogen and oxygen atoms in total. The molecule has 5 fully saturated rings. The smallest absolute Gasteiger partial charge is 0.335 e. The van der Waals surface area contributed by atoms with Gasteiger partial charge in [0.05, 0.1) is 5.54 Å². The molecule has 1 atom stereocenters. The van der Waals surface area contributed by atoms with Gasteiger partial charge < -0.3 is 5.32 Å². The van der Waals surface area contributed by atoms with Crippen molar-refractivity contribution in [3.8, 4) is 0 Å². The molecule has 1 N–H and O–H groups in total. The molecule has 0 radical (unpaired) electrons. The Hall–Kier alpha value is -1.92. The first-order chi connectivity index (χ1) is 13.8. The Labute approximate surface area is 172 Å². The molecule has 0 unspecified atom stereocenters. The van der Waals surface area contributed by atoms with Gasteiger partial charge in [-0.3, -0.25) is 14.4 Å². The summed E-state index contributed by atoms with van der Waals surface area (Å²) >= 11 is 0. The number of rotatable bonds is 8. The quantitative estimate of drug-likeness (QED) is 0.384. The number of hydrogen-bond donors (Lipinski definition) is 1. The van der Waals surface area contributed by atoms with Gasteiger partial charge in [0.1, 0.15) is 6.54 Å². The number of nitrogens with one attached hydrogen (secondary N) is 1. The van der Waals surface area contributed by atoms with Crippen LogP contribution in [0.2, 0.25) is 0 Å². The maximum absolute atomic E-state index is 13.1. The summed E-state index contributed by atoms with van der Waals surface area (Å²) in [6.45, 7) is 3.68. The molecular formula is C22H33N3O4. The predicted molar refractivity (Wildman–Crippen MR) is 107 cm³/mol. The van der Waals surface area contributed by atoms with Crippen LogP contribution in [0.25, 0.3) is 0 Å². The summed E-state index contributed by atoms with van der Waals surface area (Å²) in [5, 5.41) is 2.86. The molecule has 4 aliphatic carbocycles. The van der Waals surface area contributed by atoms with Crippen LogP contribution in [-0.4, -0.2) is 51.7 Å². The van der Waals surface area contributed by atoms with Crippen molar-refractivity contribution in [2.75, 3.05) is 6.54 Å². The highest BCUT2D eigenvalue weighted by Crippen LogP contribution is 2.58. The van der Waals surface area contributed by atoms with Gasteiger partial charge in [-0.1, -0.05) is 26.2 Å². The van der Waals surface area contributed by atoms with Gasteiger partial charge in [0.15, 0.2) is 0 Å². The number of imide groups is 2. The van der Waals surface area contributed by atoms with Crippen LogP contribution in [-0.2, 0) is 14.4 Å². The lowest BCUT2D eigenvalue weighted by Crippen LogP contribution is -2.62. The average molecular weight is 404 g/mol. The summed E-state index contributed by atoms with van der Waals surface area (Å²) in [6.07, 6.45) is 10.1. The Balaban J connectivity index is 1.42. The zero-order valence-corrected chi connectivity index (χ0v) is 17.6. The van der Waals surface area contributed by atoms with E-state index in [9.17, 15) is 19.2 Å². The Morgan fingerprint density at radius 3 is 2.17 bits per heavy atom. The van der Waals surface area contributed by atoms with Crippen LogP contribution in [0.5, 0.6) is 0 Å². The Morgan fingerprint density at radius 1 is 1.03 bits per heavy atom. The second-order valence-electron chi connectivity index (χ2n) is 9.92. The molecule has 5 aliphatic rings. The molecule has 4 bridgehead atoms. The topological polar surface area (TPSA) is 86.8 Å². The van der Waals surface area contributed by atoms with Gasteiger partial charge in [0, 0.05) is 6.04 Å². The van der Waals surface area contributed by atoms with Crippen molar-refractivity contribution in [3.63, 3.8) is 0 Å². The van der Waals surface area contributed by atoms with Gasteiger partial charge in [0.25, 0.3) is 0 Å². The highest BCUT2D eigenvalue weighted by Gasteiger charge is 2.61. The van der Waals surface area contributed by atoms with Crippen molar-refractivity contribution in [1.82, 2.24) is 15.1 Å².